The Bertz CT molecular complexity index is 187. The average molecular weight is 209 g/mol. The topological polar surface area (TPSA) is 133 Å². The van der Waals surface area contributed by atoms with Gasteiger partial charge in [-0.1, -0.05) is 0 Å². The molecule has 0 rings (SSSR count). The molecule has 0 spiro atoms. The summed E-state index contributed by atoms with van der Waals surface area (Å²) < 4.78 is 4.22. The molecule has 0 heterocycles. The molecule has 6 N–H and O–H groups in total. The van der Waals surface area contributed by atoms with Crippen molar-refractivity contribution < 1.29 is 30.0 Å². The fraction of sp³-hybridized carbons (Fsp3) is 0.857. The molecule has 4 atom stereocenters. The predicted octanol–water partition coefficient (Wildman–Crippen LogP) is -3.44. The van der Waals surface area contributed by atoms with Crippen LogP contribution in [0, 0.1) is 0 Å². The maximum Gasteiger partial charge on any atom is 0.325 e. The van der Waals surface area contributed by atoms with Crippen molar-refractivity contribution in [3.05, 3.63) is 0 Å². The third-order valence-corrected chi connectivity index (χ3v) is 1.77. The second kappa shape index (κ2) is 5.89. The van der Waals surface area contributed by atoms with E-state index < -0.39 is 36.9 Å². The van der Waals surface area contributed by atoms with E-state index in [0.29, 0.717) is 0 Å². The molecular weight excluding hydrogens is 194 g/mol. The highest BCUT2D eigenvalue weighted by molar-refractivity contribution is 5.76. The number of aliphatic hydroxyl groups is 4. The molecule has 0 aromatic rings. The monoisotopic (exact) mass is 209 g/mol. The first kappa shape index (κ1) is 13.3. The molecule has 0 amide bonds. The Morgan fingerprint density at radius 1 is 1.36 bits per heavy atom. The summed E-state index contributed by atoms with van der Waals surface area (Å²) in [5, 5.41) is 35.8. The maximum atomic E-state index is 10.8. The number of methoxy groups -OCH3 is 1. The second-order valence-electron chi connectivity index (χ2n) is 2.78. The van der Waals surface area contributed by atoms with Crippen molar-refractivity contribution >= 4 is 5.97 Å². The summed E-state index contributed by atoms with van der Waals surface area (Å²) in [4.78, 5) is 10.8. The average Bonchev–Trinajstić information content (AvgIpc) is 2.23. The highest BCUT2D eigenvalue weighted by Crippen LogP contribution is 2.04. The van der Waals surface area contributed by atoms with E-state index in [-0.39, 0.29) is 0 Å². The van der Waals surface area contributed by atoms with Crippen molar-refractivity contribution in [3.8, 4) is 0 Å². The molecule has 0 aliphatic heterocycles. The lowest BCUT2D eigenvalue weighted by Gasteiger charge is -2.24. The number of ether oxygens (including phenoxy) is 1. The van der Waals surface area contributed by atoms with Crippen LogP contribution in [-0.4, -0.2) is 64.5 Å². The third kappa shape index (κ3) is 3.20. The van der Waals surface area contributed by atoms with Gasteiger partial charge in [-0.2, -0.15) is 0 Å². The van der Waals surface area contributed by atoms with Crippen LogP contribution < -0.4 is 5.73 Å². The van der Waals surface area contributed by atoms with Crippen LogP contribution in [0.5, 0.6) is 0 Å². The lowest BCUT2D eigenvalue weighted by molar-refractivity contribution is -0.150. The predicted molar refractivity (Wildman–Crippen MR) is 45.1 cm³/mol. The normalized spacial score (nSPS) is 19.6. The van der Waals surface area contributed by atoms with Gasteiger partial charge in [0.15, 0.2) is 0 Å². The van der Waals surface area contributed by atoms with Crippen molar-refractivity contribution in [2.75, 3.05) is 13.7 Å². The Hall–Kier alpha value is -0.730. The number of hydrogen-bond acceptors (Lipinski definition) is 7. The molecule has 0 aliphatic rings. The molecule has 0 unspecified atom stereocenters. The molecule has 0 aromatic carbocycles. The number of nitrogens with two attached hydrogens (primary N) is 1. The third-order valence-electron chi connectivity index (χ3n) is 1.77. The van der Waals surface area contributed by atoms with Gasteiger partial charge in [0.05, 0.1) is 13.7 Å². The lowest BCUT2D eigenvalue weighted by Crippen LogP contribution is -2.53. The Morgan fingerprint density at radius 3 is 2.21 bits per heavy atom. The van der Waals surface area contributed by atoms with Crippen molar-refractivity contribution in [1.82, 2.24) is 0 Å². The zero-order valence-corrected chi connectivity index (χ0v) is 7.70. The molecule has 14 heavy (non-hydrogen) atoms. The first-order valence-corrected chi connectivity index (χ1v) is 3.94. The van der Waals surface area contributed by atoms with Crippen molar-refractivity contribution in [3.63, 3.8) is 0 Å². The van der Waals surface area contributed by atoms with E-state index >= 15 is 0 Å². The van der Waals surface area contributed by atoms with Crippen molar-refractivity contribution in [2.45, 2.75) is 24.4 Å². The van der Waals surface area contributed by atoms with E-state index in [4.69, 9.17) is 21.1 Å². The van der Waals surface area contributed by atoms with Gasteiger partial charge in [-0.15, -0.1) is 0 Å². The number of esters is 1. The Balaban J connectivity index is 4.30. The maximum absolute atomic E-state index is 10.8. The van der Waals surface area contributed by atoms with Crippen LogP contribution in [0.25, 0.3) is 0 Å². The highest BCUT2D eigenvalue weighted by atomic mass is 16.5. The van der Waals surface area contributed by atoms with Crippen LogP contribution in [0.4, 0.5) is 0 Å². The zero-order chi connectivity index (χ0) is 11.3. The summed E-state index contributed by atoms with van der Waals surface area (Å²) in [6.45, 7) is -0.744. The molecule has 0 radical (unpaired) electrons. The van der Waals surface area contributed by atoms with E-state index in [9.17, 15) is 9.90 Å². The minimum absolute atomic E-state index is 0.744. The summed E-state index contributed by atoms with van der Waals surface area (Å²) >= 11 is 0. The summed E-state index contributed by atoms with van der Waals surface area (Å²) in [6, 6.07) is -1.46. The zero-order valence-electron chi connectivity index (χ0n) is 7.70. The molecule has 0 aromatic heterocycles. The van der Waals surface area contributed by atoms with Gasteiger partial charge in [-0.05, 0) is 0 Å². The summed E-state index contributed by atoms with van der Waals surface area (Å²) in [5.41, 5.74) is 5.19. The largest absolute Gasteiger partial charge is 0.468 e. The van der Waals surface area contributed by atoms with Crippen LogP contribution >= 0.6 is 0 Å². The number of carbonyl (C=O) groups excluding carboxylic acids is 1. The van der Waals surface area contributed by atoms with Gasteiger partial charge in [0.2, 0.25) is 0 Å². The Kier molecular flexibility index (Phi) is 5.58. The molecule has 0 saturated carbocycles. The van der Waals surface area contributed by atoms with E-state index in [0.717, 1.165) is 7.11 Å². The number of carbonyl (C=O) groups is 1. The minimum Gasteiger partial charge on any atom is -0.468 e. The van der Waals surface area contributed by atoms with E-state index in [1.807, 2.05) is 0 Å². The van der Waals surface area contributed by atoms with Crippen LogP contribution in [-0.2, 0) is 9.53 Å². The molecule has 0 saturated heterocycles. The minimum atomic E-state index is -1.70. The van der Waals surface area contributed by atoms with Gasteiger partial charge >= 0.3 is 5.97 Å². The van der Waals surface area contributed by atoms with E-state index in [1.54, 1.807) is 0 Å². The van der Waals surface area contributed by atoms with Crippen LogP contribution in [0.3, 0.4) is 0 Å². The fourth-order valence-corrected chi connectivity index (χ4v) is 0.824. The standard InChI is InChI=1S/C7H15NO6/c1-14-7(13)4(8)6(12)5(11)3(10)2-9/h3-6,9-12H,2,8H2,1H3/t3-,4-,5-,6-/m1/s1. The molecule has 0 bridgehead atoms. The van der Waals surface area contributed by atoms with Crippen LogP contribution in [0.15, 0.2) is 0 Å². The Labute approximate surface area is 80.7 Å². The lowest BCUT2D eigenvalue weighted by atomic mass is 10.0. The molecule has 0 aliphatic carbocycles. The summed E-state index contributed by atoms with van der Waals surface area (Å²) in [7, 11) is 1.07. The first-order valence-electron chi connectivity index (χ1n) is 3.94. The SMILES string of the molecule is COC(=O)[C@H](N)[C@@H](O)[C@H](O)[C@H](O)CO. The number of aliphatic hydroxyl groups excluding tert-OH is 4. The summed E-state index contributed by atoms with van der Waals surface area (Å²) in [5.74, 6) is -0.915. The second-order valence-corrected chi connectivity index (χ2v) is 2.78. The first-order chi connectivity index (χ1) is 6.45. The summed E-state index contributed by atoms with van der Waals surface area (Å²) in [6.07, 6.45) is -4.94. The van der Waals surface area contributed by atoms with Crippen molar-refractivity contribution in [2.24, 2.45) is 5.73 Å². The van der Waals surface area contributed by atoms with Gasteiger partial charge < -0.3 is 30.9 Å². The highest BCUT2D eigenvalue weighted by Gasteiger charge is 2.33. The van der Waals surface area contributed by atoms with Crippen LogP contribution in [0.2, 0.25) is 0 Å². The van der Waals surface area contributed by atoms with Gasteiger partial charge in [0.1, 0.15) is 24.4 Å². The van der Waals surface area contributed by atoms with Gasteiger partial charge in [-0.25, -0.2) is 0 Å². The van der Waals surface area contributed by atoms with E-state index in [1.165, 1.54) is 0 Å². The smallest absolute Gasteiger partial charge is 0.325 e. The number of rotatable bonds is 5. The molecule has 7 heteroatoms. The van der Waals surface area contributed by atoms with Crippen molar-refractivity contribution in [1.29, 1.82) is 0 Å². The van der Waals surface area contributed by atoms with E-state index in [2.05, 4.69) is 4.74 Å². The molecule has 84 valence electrons. The van der Waals surface area contributed by atoms with Gasteiger partial charge in [0.25, 0.3) is 0 Å². The van der Waals surface area contributed by atoms with Gasteiger partial charge in [0, 0.05) is 0 Å². The number of hydrogen-bond donors (Lipinski definition) is 5. The quantitative estimate of drug-likeness (QED) is 0.297. The van der Waals surface area contributed by atoms with Gasteiger partial charge in [-0.3, -0.25) is 4.79 Å². The molecule has 7 nitrogen and oxygen atoms in total. The fourth-order valence-electron chi connectivity index (χ4n) is 0.824. The molecule has 0 fully saturated rings. The Morgan fingerprint density at radius 2 is 1.86 bits per heavy atom. The van der Waals surface area contributed by atoms with Crippen LogP contribution in [0.1, 0.15) is 0 Å². The molecular formula is C7H15NO6.